The van der Waals surface area contributed by atoms with Gasteiger partial charge in [-0.15, -0.1) is 0 Å². The maximum absolute atomic E-state index is 2.81. The first kappa shape index (κ1) is 79.4. The fourth-order valence-electron chi connectivity index (χ4n) is 22.1. The molecule has 0 atom stereocenters. The summed E-state index contributed by atoms with van der Waals surface area (Å²) in [6.07, 6.45) is 0. The van der Waals surface area contributed by atoms with Crippen molar-refractivity contribution in [3.63, 3.8) is 0 Å². The van der Waals surface area contributed by atoms with E-state index in [0.29, 0.717) is 0 Å². The number of hydrogen-bond acceptors (Lipinski definition) is 0. The van der Waals surface area contributed by atoms with Crippen LogP contribution in [-0.2, 0) is 10.8 Å². The number of fused-ring (bicyclic) bond motifs is 12. The summed E-state index contributed by atoms with van der Waals surface area (Å²) in [4.78, 5) is 0. The summed E-state index contributed by atoms with van der Waals surface area (Å²) in [6.45, 7) is 0. The van der Waals surface area contributed by atoms with Crippen molar-refractivity contribution in [2.75, 3.05) is 0 Å². The SMILES string of the molecule is c1ccc(C(c2ccccc2)(c2ccccc2)c2cccc(-c3cccc(-n4c5ccccc5c5cc(-n6c7ccccc7c7ccc([Si](c8ccccc8)(c8ccccc8)c8ccccc8)cc76)ccc54)c3)c2)cc1.c1ccc(C(c2ccccc2)(c2ccccc2)c2cccc(-c3cccc(-n4c5ccccc5c5cc(-n6c7ccccc7c7ccccc76)ccc54)c3)c2)cc1. The molecule has 0 bridgehead atoms. The van der Waals surface area contributed by atoms with Gasteiger partial charge >= 0.3 is 0 Å². The molecular formula is C128H90N4Si. The maximum Gasteiger partial charge on any atom is 0.179 e. The average molecular weight is 1710 g/mol. The first-order valence-electron chi connectivity index (χ1n) is 46.0. The van der Waals surface area contributed by atoms with Crippen molar-refractivity contribution in [3.05, 3.63) is 590 Å². The minimum Gasteiger partial charge on any atom is -0.309 e. The van der Waals surface area contributed by atoms with Crippen LogP contribution in [0.3, 0.4) is 0 Å². The summed E-state index contributed by atoms with van der Waals surface area (Å²) in [5, 5.41) is 15.4. The molecule has 21 aromatic carbocycles. The highest BCUT2D eigenvalue weighted by molar-refractivity contribution is 7.20. The zero-order valence-corrected chi connectivity index (χ0v) is 74.3. The summed E-state index contributed by atoms with van der Waals surface area (Å²) in [5.41, 5.74) is 27.5. The Bertz CT molecular complexity index is 8260. The first-order chi connectivity index (χ1) is 66.0. The second-order valence-corrected chi connectivity index (χ2v) is 38.7. The van der Waals surface area contributed by atoms with Crippen molar-refractivity contribution in [1.29, 1.82) is 0 Å². The number of aromatic nitrogens is 4. The molecule has 0 saturated heterocycles. The Balaban J connectivity index is 0.000000152. The van der Waals surface area contributed by atoms with Gasteiger partial charge in [-0.2, -0.15) is 0 Å². The topological polar surface area (TPSA) is 19.7 Å². The third-order valence-electron chi connectivity index (χ3n) is 27.8. The quantitative estimate of drug-likeness (QED) is 0.0603. The van der Waals surface area contributed by atoms with E-state index in [-0.39, 0.29) is 0 Å². The Morgan fingerprint density at radius 3 is 0.662 bits per heavy atom. The van der Waals surface area contributed by atoms with Crippen LogP contribution in [0.5, 0.6) is 0 Å². The van der Waals surface area contributed by atoms with Crippen LogP contribution in [0.2, 0.25) is 0 Å². The molecule has 4 nitrogen and oxygen atoms in total. The number of benzene rings is 21. The van der Waals surface area contributed by atoms with Gasteiger partial charge in [0.15, 0.2) is 8.07 Å². The second-order valence-electron chi connectivity index (χ2n) is 34.9. The van der Waals surface area contributed by atoms with Crippen molar-refractivity contribution in [2.24, 2.45) is 0 Å². The van der Waals surface area contributed by atoms with Gasteiger partial charge in [-0.25, -0.2) is 0 Å². The van der Waals surface area contributed by atoms with Gasteiger partial charge in [-0.05, 0) is 197 Å². The summed E-state index contributed by atoms with van der Waals surface area (Å²) in [7, 11) is -2.81. The standard InChI is InChI=1S/C73H52N2Si.C55H38N2/c1-7-27-55(28-8-1)73(56-29-9-2-10-30-56,57-31-11-3-12-32-57)58-33-23-25-53(49-58)54-26-24-34-59(50-54)74-70-44-22-20-42-66(70)68-51-60(45-48-71(68)74)75-69-43-21-19-41-65(69)67-47-46-64(52-72(67)75)76(61-35-13-4-14-36-61,62-37-15-5-16-38-62)63-39-17-6-18-40-63;1-4-20-41(21-5-1)55(42-22-6-2-7-23-42,43-24-8-3-9-25-43)44-26-16-18-39(36-44)40-19-17-27-45(37-40)56-53-33-15-12-30-49(53)50-38-46(34-35-54(50)56)57-51-31-13-10-28-47(51)48-29-11-14-32-52(48)57/h1-52H;1-38H. The second kappa shape index (κ2) is 33.6. The maximum atomic E-state index is 2.52. The Kier molecular flexibility index (Phi) is 20.1. The van der Waals surface area contributed by atoms with Crippen molar-refractivity contribution in [3.8, 4) is 45.0 Å². The number of nitrogens with zero attached hydrogens (tertiary/aromatic N) is 4. The van der Waals surface area contributed by atoms with Crippen molar-refractivity contribution < 1.29 is 0 Å². The van der Waals surface area contributed by atoms with Crippen LogP contribution in [0.25, 0.3) is 132 Å². The molecule has 0 N–H and O–H groups in total. The molecule has 4 heterocycles. The highest BCUT2D eigenvalue weighted by atomic mass is 28.3. The molecule has 0 aliphatic heterocycles. The lowest BCUT2D eigenvalue weighted by atomic mass is 9.65. The van der Waals surface area contributed by atoms with Crippen LogP contribution >= 0.6 is 0 Å². The highest BCUT2D eigenvalue weighted by Crippen LogP contribution is 2.50. The van der Waals surface area contributed by atoms with E-state index < -0.39 is 18.9 Å². The Morgan fingerprint density at radius 1 is 0.128 bits per heavy atom. The van der Waals surface area contributed by atoms with Crippen molar-refractivity contribution in [1.82, 2.24) is 18.3 Å². The van der Waals surface area contributed by atoms with Gasteiger partial charge in [-0.1, -0.05) is 437 Å². The molecule has 0 saturated carbocycles. The summed E-state index contributed by atoms with van der Waals surface area (Å²) in [6, 6.07) is 201. The molecule has 0 unspecified atom stereocenters. The molecule has 5 heteroatoms. The summed E-state index contributed by atoms with van der Waals surface area (Å²) >= 11 is 0. The molecule has 626 valence electrons. The fraction of sp³-hybridized carbons (Fsp3) is 0.0156. The van der Waals surface area contributed by atoms with Crippen LogP contribution in [0.15, 0.2) is 546 Å². The van der Waals surface area contributed by atoms with Crippen LogP contribution < -0.4 is 20.7 Å². The molecule has 0 aliphatic rings. The summed E-state index contributed by atoms with van der Waals surface area (Å²) < 4.78 is 9.79. The Morgan fingerprint density at radius 2 is 0.353 bits per heavy atom. The van der Waals surface area contributed by atoms with E-state index in [1.165, 1.54) is 164 Å². The van der Waals surface area contributed by atoms with E-state index in [1.807, 2.05) is 0 Å². The van der Waals surface area contributed by atoms with E-state index in [9.17, 15) is 0 Å². The first-order valence-corrected chi connectivity index (χ1v) is 48.0. The molecule has 0 spiro atoms. The lowest BCUT2D eigenvalue weighted by Gasteiger charge is -2.37. The van der Waals surface area contributed by atoms with E-state index in [1.54, 1.807) is 0 Å². The van der Waals surface area contributed by atoms with E-state index in [2.05, 4.69) is 564 Å². The van der Waals surface area contributed by atoms with E-state index >= 15 is 0 Å². The van der Waals surface area contributed by atoms with Gasteiger partial charge in [0.2, 0.25) is 0 Å². The van der Waals surface area contributed by atoms with Gasteiger partial charge in [-0.3, -0.25) is 0 Å². The third kappa shape index (κ3) is 13.3. The lowest BCUT2D eigenvalue weighted by Crippen LogP contribution is -2.74. The fourth-order valence-corrected chi connectivity index (χ4v) is 26.9. The zero-order chi connectivity index (χ0) is 88.2. The smallest absolute Gasteiger partial charge is 0.179 e. The molecule has 0 amide bonds. The molecule has 4 aromatic heterocycles. The average Bonchev–Trinajstić information content (AvgIpc) is 1.61. The molecule has 25 aromatic rings. The number of hydrogen-bond donors (Lipinski definition) is 0. The Hall–Kier alpha value is -17.0. The molecule has 0 aliphatic carbocycles. The summed E-state index contributed by atoms with van der Waals surface area (Å²) in [5.74, 6) is 0. The largest absolute Gasteiger partial charge is 0.309 e. The normalized spacial score (nSPS) is 11.9. The van der Waals surface area contributed by atoms with E-state index in [4.69, 9.17) is 0 Å². The van der Waals surface area contributed by atoms with Gasteiger partial charge < -0.3 is 18.3 Å². The van der Waals surface area contributed by atoms with Gasteiger partial charge in [0.1, 0.15) is 0 Å². The lowest BCUT2D eigenvalue weighted by molar-refractivity contribution is 0.745. The highest BCUT2D eigenvalue weighted by Gasteiger charge is 2.43. The monoisotopic (exact) mass is 1710 g/mol. The molecule has 0 radical (unpaired) electrons. The van der Waals surface area contributed by atoms with Gasteiger partial charge in [0, 0.05) is 65.8 Å². The zero-order valence-electron chi connectivity index (χ0n) is 73.3. The number of rotatable bonds is 18. The molecule has 0 fully saturated rings. The molecular weight excluding hydrogens is 1620 g/mol. The molecule has 25 rings (SSSR count). The van der Waals surface area contributed by atoms with Crippen LogP contribution in [0.4, 0.5) is 0 Å². The van der Waals surface area contributed by atoms with Crippen molar-refractivity contribution in [2.45, 2.75) is 10.8 Å². The van der Waals surface area contributed by atoms with Gasteiger partial charge in [0.05, 0.1) is 55.0 Å². The number of para-hydroxylation sites is 5. The van der Waals surface area contributed by atoms with Crippen LogP contribution in [-0.4, -0.2) is 26.3 Å². The van der Waals surface area contributed by atoms with Crippen LogP contribution in [0.1, 0.15) is 44.5 Å². The van der Waals surface area contributed by atoms with Crippen LogP contribution in [0, 0.1) is 0 Å². The minimum atomic E-state index is -2.81. The predicted octanol–water partition coefficient (Wildman–Crippen LogP) is 29.2. The van der Waals surface area contributed by atoms with Gasteiger partial charge in [0.25, 0.3) is 0 Å². The third-order valence-corrected chi connectivity index (χ3v) is 32.6. The van der Waals surface area contributed by atoms with Crippen molar-refractivity contribution >= 4 is 116 Å². The minimum absolute atomic E-state index is 0.516. The Labute approximate surface area is 775 Å². The molecule has 133 heavy (non-hydrogen) atoms. The predicted molar refractivity (Wildman–Crippen MR) is 561 cm³/mol. The van der Waals surface area contributed by atoms with E-state index in [0.717, 1.165) is 33.8 Å².